The summed E-state index contributed by atoms with van der Waals surface area (Å²) in [5, 5.41) is 15.8. The van der Waals surface area contributed by atoms with E-state index in [0.717, 1.165) is 4.34 Å². The first-order valence-corrected chi connectivity index (χ1v) is 5.30. The minimum atomic E-state index is -0.793. The summed E-state index contributed by atoms with van der Waals surface area (Å²) in [6, 6.07) is 0. The van der Waals surface area contributed by atoms with E-state index in [0.29, 0.717) is 10.1 Å². The molecule has 12 heavy (non-hydrogen) atoms. The highest BCUT2D eigenvalue weighted by atomic mass is 32.2. The highest BCUT2D eigenvalue weighted by Gasteiger charge is 2.02. The van der Waals surface area contributed by atoms with Gasteiger partial charge in [-0.1, -0.05) is 23.1 Å². The quantitative estimate of drug-likeness (QED) is 0.595. The van der Waals surface area contributed by atoms with Crippen molar-refractivity contribution in [3.8, 4) is 0 Å². The first-order chi connectivity index (χ1) is 5.68. The van der Waals surface area contributed by atoms with E-state index in [1.165, 1.54) is 23.1 Å². The van der Waals surface area contributed by atoms with Gasteiger partial charge in [-0.25, -0.2) is 0 Å². The van der Waals surface area contributed by atoms with Crippen molar-refractivity contribution in [3.05, 3.63) is 0 Å². The summed E-state index contributed by atoms with van der Waals surface area (Å²) in [7, 11) is 0. The number of carboxylic acid groups (broad SMARTS) is 1. The second-order valence-electron chi connectivity index (χ2n) is 1.84. The third kappa shape index (κ3) is 3.42. The lowest BCUT2D eigenvalue weighted by atomic mass is 10.5. The lowest BCUT2D eigenvalue weighted by Crippen LogP contribution is -1.95. The van der Waals surface area contributed by atoms with Crippen LogP contribution in [0.4, 0.5) is 0 Å². The largest absolute Gasteiger partial charge is 0.481 e. The lowest BCUT2D eigenvalue weighted by Gasteiger charge is -1.90. The number of aliphatic carboxylic acids is 1. The summed E-state index contributed by atoms with van der Waals surface area (Å²) >= 11 is 6.72. The van der Waals surface area contributed by atoms with Crippen LogP contribution in [0.25, 0.3) is 0 Å². The number of thioether (sulfide) groups is 1. The van der Waals surface area contributed by atoms with Crippen molar-refractivity contribution in [2.24, 2.45) is 0 Å². The molecular formula is C5H6N2O2S3. The summed E-state index contributed by atoms with van der Waals surface area (Å²) in [5.41, 5.74) is 0. The third-order valence-corrected chi connectivity index (χ3v) is 3.16. The van der Waals surface area contributed by atoms with Crippen LogP contribution in [0.15, 0.2) is 8.68 Å². The fourth-order valence-corrected chi connectivity index (χ4v) is 2.57. The van der Waals surface area contributed by atoms with E-state index in [4.69, 9.17) is 5.11 Å². The predicted octanol–water partition coefficient (Wildman–Crippen LogP) is 1.39. The molecule has 1 aromatic rings. The molecule has 0 aliphatic rings. The number of rotatable bonds is 4. The minimum absolute atomic E-state index is 0.145. The van der Waals surface area contributed by atoms with E-state index in [9.17, 15) is 4.79 Å². The van der Waals surface area contributed by atoms with Gasteiger partial charge in [0.25, 0.3) is 0 Å². The molecule has 1 rings (SSSR count). The van der Waals surface area contributed by atoms with Crippen LogP contribution in [-0.2, 0) is 4.79 Å². The molecule has 1 aromatic heterocycles. The summed E-state index contributed by atoms with van der Waals surface area (Å²) in [4.78, 5) is 10.1. The van der Waals surface area contributed by atoms with Crippen LogP contribution < -0.4 is 0 Å². The Kier molecular flexibility index (Phi) is 3.83. The van der Waals surface area contributed by atoms with Gasteiger partial charge in [-0.05, 0) is 0 Å². The Labute approximate surface area is 82.8 Å². The van der Waals surface area contributed by atoms with E-state index in [2.05, 4.69) is 22.8 Å². The first kappa shape index (κ1) is 9.82. The highest BCUT2D eigenvalue weighted by Crippen LogP contribution is 2.24. The number of hydrogen-bond donors (Lipinski definition) is 2. The van der Waals surface area contributed by atoms with Crippen LogP contribution in [0.1, 0.15) is 6.42 Å². The standard InChI is InChI=1S/C5H6N2O2S3/c8-3(9)1-2-11-5-7-6-4(10)12-5/h1-2H2,(H,6,10)(H,8,9). The zero-order valence-electron chi connectivity index (χ0n) is 5.93. The average Bonchev–Trinajstić information content (AvgIpc) is 2.35. The van der Waals surface area contributed by atoms with E-state index in [1.807, 2.05) is 0 Å². The van der Waals surface area contributed by atoms with E-state index < -0.39 is 5.97 Å². The van der Waals surface area contributed by atoms with E-state index in [1.54, 1.807) is 0 Å². The normalized spacial score (nSPS) is 10.1. The van der Waals surface area contributed by atoms with Crippen LogP contribution in [-0.4, -0.2) is 27.0 Å². The van der Waals surface area contributed by atoms with Crippen molar-refractivity contribution in [3.63, 3.8) is 0 Å². The maximum atomic E-state index is 10.1. The Morgan fingerprint density at radius 3 is 2.92 bits per heavy atom. The van der Waals surface area contributed by atoms with Crippen LogP contribution >= 0.6 is 35.7 Å². The molecule has 1 heterocycles. The van der Waals surface area contributed by atoms with Crippen molar-refractivity contribution in [2.75, 3.05) is 5.75 Å². The summed E-state index contributed by atoms with van der Waals surface area (Å²) < 4.78 is 1.37. The van der Waals surface area contributed by atoms with Gasteiger partial charge < -0.3 is 5.11 Å². The molecule has 0 unspecified atom stereocenters. The van der Waals surface area contributed by atoms with E-state index in [-0.39, 0.29) is 6.42 Å². The maximum absolute atomic E-state index is 10.1. The molecule has 0 amide bonds. The smallest absolute Gasteiger partial charge is 0.304 e. The zero-order valence-corrected chi connectivity index (χ0v) is 8.46. The Hall–Kier alpha value is -0.270. The topological polar surface area (TPSA) is 63.1 Å². The van der Waals surface area contributed by atoms with Crippen LogP contribution in [0.3, 0.4) is 0 Å². The van der Waals surface area contributed by atoms with Gasteiger partial charge in [0.2, 0.25) is 0 Å². The minimum Gasteiger partial charge on any atom is -0.481 e. The van der Waals surface area contributed by atoms with Crippen LogP contribution in [0.5, 0.6) is 0 Å². The molecule has 0 saturated carbocycles. The van der Waals surface area contributed by atoms with Gasteiger partial charge in [0.15, 0.2) is 8.68 Å². The number of hydrogen-bond acceptors (Lipinski definition) is 6. The molecule has 66 valence electrons. The molecule has 0 aromatic carbocycles. The third-order valence-electron chi connectivity index (χ3n) is 0.937. The molecule has 1 N–H and O–H groups in total. The second-order valence-corrected chi connectivity index (χ2v) is 4.89. The first-order valence-electron chi connectivity index (χ1n) is 3.05. The van der Waals surface area contributed by atoms with Crippen molar-refractivity contribution >= 4 is 41.7 Å². The Morgan fingerprint density at radius 1 is 1.67 bits per heavy atom. The lowest BCUT2D eigenvalue weighted by molar-refractivity contribution is -0.136. The fourth-order valence-electron chi connectivity index (χ4n) is 0.486. The second kappa shape index (κ2) is 4.68. The van der Waals surface area contributed by atoms with Gasteiger partial charge >= 0.3 is 5.97 Å². The molecule has 0 fully saturated rings. The van der Waals surface area contributed by atoms with Gasteiger partial charge in [0.1, 0.15) is 0 Å². The maximum Gasteiger partial charge on any atom is 0.304 e. The Bertz CT molecular complexity index is 275. The van der Waals surface area contributed by atoms with Gasteiger partial charge in [0, 0.05) is 5.75 Å². The zero-order chi connectivity index (χ0) is 8.97. The number of aromatic nitrogens is 2. The van der Waals surface area contributed by atoms with Gasteiger partial charge in [-0.2, -0.15) is 0 Å². The monoisotopic (exact) mass is 222 g/mol. The molecular weight excluding hydrogens is 216 g/mol. The van der Waals surface area contributed by atoms with Crippen molar-refractivity contribution in [1.82, 2.24) is 10.2 Å². The Balaban J connectivity index is 2.29. The number of carboxylic acids is 1. The van der Waals surface area contributed by atoms with Crippen LogP contribution in [0.2, 0.25) is 0 Å². The molecule has 0 aliphatic carbocycles. The summed E-state index contributed by atoms with van der Waals surface area (Å²) in [5.74, 6) is -0.268. The molecule has 0 radical (unpaired) electrons. The number of nitrogens with zero attached hydrogens (tertiary/aromatic N) is 2. The molecule has 0 spiro atoms. The molecule has 7 heteroatoms. The van der Waals surface area contributed by atoms with Gasteiger partial charge in [-0.3, -0.25) is 4.79 Å². The van der Waals surface area contributed by atoms with Crippen molar-refractivity contribution in [2.45, 2.75) is 15.1 Å². The molecule has 0 bridgehead atoms. The summed E-state index contributed by atoms with van der Waals surface area (Å²) in [6.07, 6.45) is 0.145. The number of carbonyl (C=O) groups is 1. The Morgan fingerprint density at radius 2 is 2.42 bits per heavy atom. The average molecular weight is 222 g/mol. The molecule has 0 saturated heterocycles. The number of thiol groups is 1. The van der Waals surface area contributed by atoms with Crippen molar-refractivity contribution in [1.29, 1.82) is 0 Å². The SMILES string of the molecule is O=C(O)CCSc1nnc(S)s1. The predicted molar refractivity (Wildman–Crippen MR) is 50.1 cm³/mol. The van der Waals surface area contributed by atoms with Gasteiger partial charge in [0.05, 0.1) is 6.42 Å². The highest BCUT2D eigenvalue weighted by molar-refractivity contribution is 8.01. The van der Waals surface area contributed by atoms with Crippen LogP contribution in [0, 0.1) is 0 Å². The fraction of sp³-hybridized carbons (Fsp3) is 0.400. The summed E-state index contributed by atoms with van der Waals surface area (Å²) in [6.45, 7) is 0. The molecule has 0 atom stereocenters. The molecule has 4 nitrogen and oxygen atoms in total. The molecule has 0 aliphatic heterocycles. The van der Waals surface area contributed by atoms with E-state index >= 15 is 0 Å². The van der Waals surface area contributed by atoms with Crippen molar-refractivity contribution < 1.29 is 9.90 Å². The van der Waals surface area contributed by atoms with Gasteiger partial charge in [-0.15, -0.1) is 22.8 Å².